The van der Waals surface area contributed by atoms with E-state index in [-0.39, 0.29) is 74.0 Å². The van der Waals surface area contributed by atoms with E-state index in [1.165, 1.54) is 24.3 Å². The normalized spacial score (nSPS) is 8.44. The van der Waals surface area contributed by atoms with Gasteiger partial charge < -0.3 is 35.5 Å². The number of hydrogen-bond donors (Lipinski definition) is 6. The van der Waals surface area contributed by atoms with Crippen molar-refractivity contribution in [3.63, 3.8) is 0 Å². The van der Waals surface area contributed by atoms with Crippen molar-refractivity contribution >= 4 is 19.3 Å². The molecule has 0 aliphatic rings. The molecule has 2 aromatic rings. The Labute approximate surface area is 185 Å². The summed E-state index contributed by atoms with van der Waals surface area (Å²) in [7, 11) is -2.42. The van der Waals surface area contributed by atoms with Crippen LogP contribution in [0.15, 0.2) is 48.5 Å². The van der Waals surface area contributed by atoms with Gasteiger partial charge in [-0.2, -0.15) is 0 Å². The number of rotatable bonds is 2. The summed E-state index contributed by atoms with van der Waals surface area (Å²) in [5.41, 5.74) is -0.134. The van der Waals surface area contributed by atoms with Crippen molar-refractivity contribution < 1.29 is 96.5 Å². The zero-order valence-electron chi connectivity index (χ0n) is 13.1. The summed E-state index contributed by atoms with van der Waals surface area (Å²) >= 11 is 0. The number of aromatic hydroxyl groups is 2. The topological polar surface area (TPSA) is 179 Å². The van der Waals surface area contributed by atoms with Crippen LogP contribution in [0.3, 0.4) is 0 Å². The van der Waals surface area contributed by atoms with Crippen molar-refractivity contribution in [3.05, 3.63) is 59.7 Å². The molecule has 0 saturated carbocycles. The van der Waals surface area contributed by atoms with Gasteiger partial charge in [-0.05, 0) is 24.3 Å². The molecule has 0 saturated heterocycles. The molecule has 0 aromatic heterocycles. The fourth-order valence-corrected chi connectivity index (χ4v) is 1.31. The fourth-order valence-electron chi connectivity index (χ4n) is 1.31. The van der Waals surface area contributed by atoms with E-state index in [4.69, 9.17) is 35.5 Å². The van der Waals surface area contributed by atoms with Gasteiger partial charge in [-0.3, -0.25) is 0 Å². The number of carboxylic acid groups (broad SMARTS) is 2. The van der Waals surface area contributed by atoms with Crippen LogP contribution in [0, 0.1) is 0 Å². The quantitative estimate of drug-likeness (QED) is 0.290. The standard InChI is InChI=1S/2C7H6O3.BH2O3.K/c2*8-6-4-2-1-3-5(6)7(9)10;2-1(3)4;/h2*1-4,8H,(H,9,10);2-3H;/q;;-1;+1. The summed E-state index contributed by atoms with van der Waals surface area (Å²) in [5, 5.41) is 57.4. The van der Waals surface area contributed by atoms with Crippen molar-refractivity contribution in [2.45, 2.75) is 0 Å². The van der Waals surface area contributed by atoms with Crippen molar-refractivity contribution in [1.29, 1.82) is 0 Å². The van der Waals surface area contributed by atoms with Crippen molar-refractivity contribution in [3.8, 4) is 11.5 Å². The average molecular weight is 376 g/mol. The molecule has 0 radical (unpaired) electrons. The molecule has 128 valence electrons. The Balaban J connectivity index is 0. The van der Waals surface area contributed by atoms with Gasteiger partial charge in [0.05, 0.1) is 0 Å². The Morgan fingerprint density at radius 1 is 0.760 bits per heavy atom. The van der Waals surface area contributed by atoms with Crippen LogP contribution in [-0.2, 0) is 0 Å². The number of para-hydroxylation sites is 2. The van der Waals surface area contributed by atoms with Gasteiger partial charge in [-0.15, -0.1) is 0 Å². The maximum Gasteiger partial charge on any atom is 1.00 e. The summed E-state index contributed by atoms with van der Waals surface area (Å²) in [6.07, 6.45) is 0. The van der Waals surface area contributed by atoms with Crippen molar-refractivity contribution in [2.24, 2.45) is 0 Å². The SMILES string of the molecule is O=C(O)c1ccccc1O.O=C(O)c1ccccc1O.[K+].[O-]B(O)O. The minimum Gasteiger partial charge on any atom is -0.832 e. The Bertz CT molecular complexity index is 621. The molecule has 9 nitrogen and oxygen atoms in total. The van der Waals surface area contributed by atoms with E-state index in [0.29, 0.717) is 0 Å². The zero-order valence-corrected chi connectivity index (χ0v) is 16.2. The molecule has 2 rings (SSSR count). The average Bonchev–Trinajstić information content (AvgIpc) is 2.47. The first-order chi connectivity index (χ1) is 11.2. The first-order valence-electron chi connectivity index (χ1n) is 6.21. The Kier molecular flexibility index (Phi) is 14.2. The first-order valence-corrected chi connectivity index (χ1v) is 6.21. The van der Waals surface area contributed by atoms with Gasteiger partial charge in [-0.25, -0.2) is 9.59 Å². The van der Waals surface area contributed by atoms with Gasteiger partial charge in [0, 0.05) is 0 Å². The minimum atomic E-state index is -2.42. The number of phenols is 2. The van der Waals surface area contributed by atoms with E-state index in [1.54, 1.807) is 24.3 Å². The summed E-state index contributed by atoms with van der Waals surface area (Å²) < 4.78 is 0. The van der Waals surface area contributed by atoms with Crippen LogP contribution in [0.2, 0.25) is 0 Å². The van der Waals surface area contributed by atoms with Crippen LogP contribution in [0.1, 0.15) is 20.7 Å². The van der Waals surface area contributed by atoms with Gasteiger partial charge in [0.1, 0.15) is 22.6 Å². The third-order valence-corrected chi connectivity index (χ3v) is 2.27. The number of hydrogen-bond acceptors (Lipinski definition) is 7. The van der Waals surface area contributed by atoms with Crippen LogP contribution < -0.4 is 56.4 Å². The largest absolute Gasteiger partial charge is 1.00 e. The molecule has 2 aromatic carbocycles. The van der Waals surface area contributed by atoms with Gasteiger partial charge in [0.15, 0.2) is 0 Å². The second-order valence-corrected chi connectivity index (χ2v) is 3.97. The molecule has 0 bridgehead atoms. The summed E-state index contributed by atoms with van der Waals surface area (Å²) in [6, 6.07) is 11.6. The second kappa shape index (κ2) is 13.8. The number of benzene rings is 2. The number of carbonyl (C=O) groups is 2. The third-order valence-electron chi connectivity index (χ3n) is 2.27. The minimum absolute atomic E-state index is 0. The van der Waals surface area contributed by atoms with E-state index >= 15 is 0 Å². The monoisotopic (exact) mass is 376 g/mol. The van der Waals surface area contributed by atoms with Crippen LogP contribution >= 0.6 is 0 Å². The van der Waals surface area contributed by atoms with Crippen LogP contribution in [0.25, 0.3) is 0 Å². The molecule has 0 fully saturated rings. The summed E-state index contributed by atoms with van der Waals surface area (Å²) in [4.78, 5) is 20.5. The molecule has 0 heterocycles. The predicted octanol–water partition coefficient (Wildman–Crippen LogP) is -3.50. The number of carboxylic acids is 2. The molecule has 0 atom stereocenters. The summed E-state index contributed by atoms with van der Waals surface area (Å²) in [6.45, 7) is 0. The second-order valence-electron chi connectivity index (χ2n) is 3.97. The molecular weight excluding hydrogens is 362 g/mol. The molecule has 6 N–H and O–H groups in total. The molecular formula is C14H14BKO9. The Hall–Kier alpha value is -1.44. The van der Waals surface area contributed by atoms with E-state index in [9.17, 15) is 9.59 Å². The summed E-state index contributed by atoms with van der Waals surface area (Å²) in [5.74, 6) is -2.62. The van der Waals surface area contributed by atoms with E-state index < -0.39 is 19.3 Å². The van der Waals surface area contributed by atoms with E-state index in [0.717, 1.165) is 0 Å². The third kappa shape index (κ3) is 11.7. The molecule has 0 aliphatic carbocycles. The molecule has 0 unspecified atom stereocenters. The molecule has 11 heteroatoms. The van der Waals surface area contributed by atoms with Gasteiger partial charge in [0.2, 0.25) is 0 Å². The molecule has 0 amide bonds. The van der Waals surface area contributed by atoms with E-state index in [2.05, 4.69) is 0 Å². The maximum atomic E-state index is 10.3. The zero-order chi connectivity index (χ0) is 18.7. The van der Waals surface area contributed by atoms with Crippen LogP contribution in [0.5, 0.6) is 11.5 Å². The first kappa shape index (κ1) is 25.8. The van der Waals surface area contributed by atoms with Gasteiger partial charge in [0.25, 0.3) is 0 Å². The Morgan fingerprint density at radius 2 is 1.00 bits per heavy atom. The van der Waals surface area contributed by atoms with Gasteiger partial charge in [-0.1, -0.05) is 24.3 Å². The smallest absolute Gasteiger partial charge is 0.832 e. The molecule has 0 aliphatic heterocycles. The Morgan fingerprint density at radius 3 is 1.16 bits per heavy atom. The predicted molar refractivity (Wildman–Crippen MR) is 80.3 cm³/mol. The molecule has 0 spiro atoms. The fraction of sp³-hybridized carbons (Fsp3) is 0. The van der Waals surface area contributed by atoms with Crippen molar-refractivity contribution in [1.82, 2.24) is 0 Å². The van der Waals surface area contributed by atoms with E-state index in [1.807, 2.05) is 0 Å². The maximum absolute atomic E-state index is 10.3. The molecule has 25 heavy (non-hydrogen) atoms. The van der Waals surface area contributed by atoms with Crippen LogP contribution in [-0.4, -0.2) is 49.7 Å². The van der Waals surface area contributed by atoms with Crippen LogP contribution in [0.4, 0.5) is 0 Å². The van der Waals surface area contributed by atoms with Crippen molar-refractivity contribution in [2.75, 3.05) is 0 Å². The van der Waals surface area contributed by atoms with Gasteiger partial charge >= 0.3 is 70.6 Å². The number of aromatic carboxylic acids is 2.